The molecule has 0 aliphatic heterocycles. The Kier molecular flexibility index (Phi) is 4.16. The van der Waals surface area contributed by atoms with Gasteiger partial charge in [0, 0.05) is 11.1 Å². The number of aliphatic carboxylic acids is 1. The van der Waals surface area contributed by atoms with Crippen molar-refractivity contribution in [2.24, 2.45) is 0 Å². The third-order valence-corrected chi connectivity index (χ3v) is 3.57. The van der Waals surface area contributed by atoms with Crippen LogP contribution >= 0.6 is 11.3 Å². The van der Waals surface area contributed by atoms with Crippen LogP contribution in [0.3, 0.4) is 0 Å². The molecule has 0 aliphatic carbocycles. The fraction of sp³-hybridized carbons (Fsp3) is 0.286. The van der Waals surface area contributed by atoms with Crippen molar-refractivity contribution in [3.05, 3.63) is 45.9 Å². The lowest BCUT2D eigenvalue weighted by Crippen LogP contribution is -2.29. The number of carboxylic acids is 1. The number of hydrogen-bond acceptors (Lipinski definition) is 4. The highest BCUT2D eigenvalue weighted by atomic mass is 32.1. The lowest BCUT2D eigenvalue weighted by molar-refractivity contribution is -0.135. The van der Waals surface area contributed by atoms with E-state index in [0.717, 1.165) is 22.0 Å². The molecule has 0 unspecified atom stereocenters. The van der Waals surface area contributed by atoms with Gasteiger partial charge in [0.05, 0.1) is 17.2 Å². The number of carbonyl (C=O) groups is 1. The molecule has 2 rings (SSSR count). The lowest BCUT2D eigenvalue weighted by atomic mass is 10.2. The largest absolute Gasteiger partial charge is 0.480 e. The van der Waals surface area contributed by atoms with Gasteiger partial charge in [-0.3, -0.25) is 4.79 Å². The van der Waals surface area contributed by atoms with Crippen molar-refractivity contribution in [1.82, 2.24) is 4.98 Å². The Morgan fingerprint density at radius 3 is 2.53 bits per heavy atom. The van der Waals surface area contributed by atoms with Crippen molar-refractivity contribution in [2.75, 3.05) is 11.4 Å². The summed E-state index contributed by atoms with van der Waals surface area (Å²) in [5, 5.41) is 12.0. The second kappa shape index (κ2) is 5.84. The van der Waals surface area contributed by atoms with Gasteiger partial charge in [-0.15, -0.1) is 11.3 Å². The molecule has 0 radical (unpaired) electrons. The Hall–Kier alpha value is -1.88. The van der Waals surface area contributed by atoms with Crippen molar-refractivity contribution in [3.63, 3.8) is 0 Å². The number of benzene rings is 1. The first-order valence-electron chi connectivity index (χ1n) is 5.99. The molecule has 1 aromatic heterocycles. The number of rotatable bonds is 5. The molecule has 0 saturated heterocycles. The van der Waals surface area contributed by atoms with Crippen molar-refractivity contribution in [3.8, 4) is 0 Å². The van der Waals surface area contributed by atoms with E-state index in [1.165, 1.54) is 0 Å². The molecule has 0 atom stereocenters. The molecule has 0 spiro atoms. The maximum atomic E-state index is 11.0. The van der Waals surface area contributed by atoms with E-state index in [0.29, 0.717) is 6.54 Å². The van der Waals surface area contributed by atoms with Crippen molar-refractivity contribution >= 4 is 23.0 Å². The van der Waals surface area contributed by atoms with Crippen molar-refractivity contribution < 1.29 is 9.90 Å². The number of aryl methyl sites for hydroxylation is 2. The minimum atomic E-state index is -0.840. The molecular weight excluding hydrogens is 260 g/mol. The monoisotopic (exact) mass is 276 g/mol. The van der Waals surface area contributed by atoms with Gasteiger partial charge in [-0.2, -0.15) is 0 Å². The minimum absolute atomic E-state index is 0.0281. The number of carboxylic acid groups (broad SMARTS) is 1. The van der Waals surface area contributed by atoms with Gasteiger partial charge in [-0.05, 0) is 26.0 Å². The van der Waals surface area contributed by atoms with Crippen LogP contribution < -0.4 is 4.90 Å². The quantitative estimate of drug-likeness (QED) is 0.912. The van der Waals surface area contributed by atoms with Crippen LogP contribution in [0.15, 0.2) is 29.6 Å². The number of aromatic nitrogens is 1. The van der Waals surface area contributed by atoms with Gasteiger partial charge in [0.15, 0.2) is 0 Å². The van der Waals surface area contributed by atoms with Crippen molar-refractivity contribution in [1.29, 1.82) is 0 Å². The third-order valence-electron chi connectivity index (χ3n) is 2.74. The summed E-state index contributed by atoms with van der Waals surface area (Å²) in [7, 11) is 0. The zero-order valence-electron chi connectivity index (χ0n) is 11.0. The van der Waals surface area contributed by atoms with Crippen LogP contribution in [0.25, 0.3) is 0 Å². The average molecular weight is 276 g/mol. The maximum Gasteiger partial charge on any atom is 0.323 e. The summed E-state index contributed by atoms with van der Waals surface area (Å²) >= 11 is 1.58. The average Bonchev–Trinajstić information content (AvgIpc) is 2.74. The molecule has 2 aromatic rings. The fourth-order valence-electron chi connectivity index (χ4n) is 1.83. The Morgan fingerprint density at radius 2 is 2.00 bits per heavy atom. The topological polar surface area (TPSA) is 53.4 Å². The van der Waals surface area contributed by atoms with E-state index in [1.807, 2.05) is 48.4 Å². The molecule has 4 nitrogen and oxygen atoms in total. The Morgan fingerprint density at radius 1 is 1.32 bits per heavy atom. The van der Waals surface area contributed by atoms with Gasteiger partial charge in [0.25, 0.3) is 0 Å². The minimum Gasteiger partial charge on any atom is -0.480 e. The van der Waals surface area contributed by atoms with E-state index in [9.17, 15) is 4.79 Å². The Labute approximate surface area is 116 Å². The highest BCUT2D eigenvalue weighted by molar-refractivity contribution is 7.09. The summed E-state index contributed by atoms with van der Waals surface area (Å²) in [5.41, 5.74) is 2.96. The van der Waals surface area contributed by atoms with Crippen LogP contribution in [-0.4, -0.2) is 22.6 Å². The van der Waals surface area contributed by atoms with Crippen LogP contribution in [0, 0.1) is 13.8 Å². The van der Waals surface area contributed by atoms with Crippen LogP contribution in [0.5, 0.6) is 0 Å². The molecule has 0 amide bonds. The lowest BCUT2D eigenvalue weighted by Gasteiger charge is -2.22. The van der Waals surface area contributed by atoms with Gasteiger partial charge in [-0.1, -0.05) is 17.7 Å². The SMILES string of the molecule is Cc1ccc(N(CC(=O)O)Cc2csc(C)n2)cc1. The molecular formula is C14H16N2O2S. The first-order chi connectivity index (χ1) is 9.04. The molecule has 1 aromatic carbocycles. The Bertz CT molecular complexity index is 563. The van der Waals surface area contributed by atoms with Crippen molar-refractivity contribution in [2.45, 2.75) is 20.4 Å². The van der Waals surface area contributed by atoms with E-state index in [4.69, 9.17) is 5.11 Å². The third kappa shape index (κ3) is 3.79. The van der Waals surface area contributed by atoms with E-state index < -0.39 is 5.97 Å². The van der Waals surface area contributed by atoms with E-state index >= 15 is 0 Å². The molecule has 0 saturated carbocycles. The number of anilines is 1. The normalized spacial score (nSPS) is 10.4. The summed E-state index contributed by atoms with van der Waals surface area (Å²) < 4.78 is 0. The maximum absolute atomic E-state index is 11.0. The van der Waals surface area contributed by atoms with Crippen LogP contribution in [0.2, 0.25) is 0 Å². The van der Waals surface area contributed by atoms with Gasteiger partial charge < -0.3 is 10.0 Å². The van der Waals surface area contributed by atoms with Gasteiger partial charge in [-0.25, -0.2) is 4.98 Å². The second-order valence-corrected chi connectivity index (χ2v) is 5.51. The molecule has 1 heterocycles. The number of nitrogens with zero attached hydrogens (tertiary/aromatic N) is 2. The summed E-state index contributed by atoms with van der Waals surface area (Å²) in [6.07, 6.45) is 0. The highest BCUT2D eigenvalue weighted by Gasteiger charge is 2.12. The van der Waals surface area contributed by atoms with Gasteiger partial charge in [0.2, 0.25) is 0 Å². The first kappa shape index (κ1) is 13.5. The summed E-state index contributed by atoms with van der Waals surface area (Å²) in [6, 6.07) is 7.85. The molecule has 0 fully saturated rings. The summed E-state index contributed by atoms with van der Waals surface area (Å²) in [4.78, 5) is 17.2. The zero-order chi connectivity index (χ0) is 13.8. The van der Waals surface area contributed by atoms with E-state index in [2.05, 4.69) is 4.98 Å². The van der Waals surface area contributed by atoms with Gasteiger partial charge in [0.1, 0.15) is 6.54 Å². The molecule has 19 heavy (non-hydrogen) atoms. The molecule has 100 valence electrons. The Balaban J connectivity index is 2.20. The summed E-state index contributed by atoms with van der Waals surface area (Å²) in [6.45, 7) is 4.44. The first-order valence-corrected chi connectivity index (χ1v) is 6.87. The predicted molar refractivity (Wildman–Crippen MR) is 76.7 cm³/mol. The van der Waals surface area contributed by atoms with Gasteiger partial charge >= 0.3 is 5.97 Å². The predicted octanol–water partition coefficient (Wildman–Crippen LogP) is 2.85. The van der Waals surface area contributed by atoms with E-state index in [-0.39, 0.29) is 6.54 Å². The number of thiazole rings is 1. The second-order valence-electron chi connectivity index (χ2n) is 4.44. The van der Waals surface area contributed by atoms with Crippen LogP contribution in [0.1, 0.15) is 16.3 Å². The fourth-order valence-corrected chi connectivity index (χ4v) is 2.44. The highest BCUT2D eigenvalue weighted by Crippen LogP contribution is 2.18. The van der Waals surface area contributed by atoms with Crippen LogP contribution in [-0.2, 0) is 11.3 Å². The smallest absolute Gasteiger partial charge is 0.323 e. The standard InChI is InChI=1S/C14H16N2O2S/c1-10-3-5-13(6-4-10)16(8-14(17)18)7-12-9-19-11(2)15-12/h3-6,9H,7-8H2,1-2H3,(H,17,18). The molecule has 5 heteroatoms. The molecule has 1 N–H and O–H groups in total. The summed E-state index contributed by atoms with van der Waals surface area (Å²) in [5.74, 6) is -0.840. The molecule has 0 bridgehead atoms. The van der Waals surface area contributed by atoms with Crippen LogP contribution in [0.4, 0.5) is 5.69 Å². The zero-order valence-corrected chi connectivity index (χ0v) is 11.8. The van der Waals surface area contributed by atoms with E-state index in [1.54, 1.807) is 11.3 Å². The molecule has 0 aliphatic rings. The number of hydrogen-bond donors (Lipinski definition) is 1.